The van der Waals surface area contributed by atoms with E-state index >= 15 is 0 Å². The van der Waals surface area contributed by atoms with Crippen LogP contribution in [0.3, 0.4) is 0 Å². The Morgan fingerprint density at radius 2 is 1.69 bits per heavy atom. The van der Waals surface area contributed by atoms with Gasteiger partial charge in [0, 0.05) is 18.9 Å². The molecular formula is C29H23F3N4O3. The van der Waals surface area contributed by atoms with E-state index in [2.05, 4.69) is 9.97 Å². The number of benzene rings is 3. The van der Waals surface area contributed by atoms with Gasteiger partial charge in [-0.15, -0.1) is 0 Å². The van der Waals surface area contributed by atoms with E-state index in [1.54, 1.807) is 60.9 Å². The maximum absolute atomic E-state index is 13.1. The molecule has 1 aliphatic heterocycles. The lowest BCUT2D eigenvalue weighted by Gasteiger charge is -2.35. The molecular weight excluding hydrogens is 509 g/mol. The number of fused-ring (bicyclic) bond motifs is 1. The molecule has 5 rings (SSSR count). The molecule has 2 N–H and O–H groups in total. The molecule has 1 atom stereocenters. The molecule has 1 aromatic heterocycles. The van der Waals surface area contributed by atoms with Crippen LogP contribution in [0.4, 0.5) is 13.2 Å². The minimum Gasteiger partial charge on any atom is -0.423 e. The molecule has 0 saturated carbocycles. The van der Waals surface area contributed by atoms with Crippen LogP contribution in [0.25, 0.3) is 11.1 Å². The fourth-order valence-electron chi connectivity index (χ4n) is 4.73. The quantitative estimate of drug-likeness (QED) is 0.278. The van der Waals surface area contributed by atoms with Crippen LogP contribution in [0.2, 0.25) is 0 Å². The van der Waals surface area contributed by atoms with Gasteiger partial charge in [-0.25, -0.2) is 14.8 Å². The number of halogens is 3. The fourth-order valence-corrected chi connectivity index (χ4v) is 4.73. The maximum Gasteiger partial charge on any atom is 0.416 e. The van der Waals surface area contributed by atoms with Crippen molar-refractivity contribution in [2.45, 2.75) is 25.2 Å². The van der Waals surface area contributed by atoms with Crippen LogP contribution in [0.1, 0.15) is 38.9 Å². The highest BCUT2D eigenvalue weighted by atomic mass is 19.4. The molecule has 1 amide bonds. The van der Waals surface area contributed by atoms with Gasteiger partial charge in [0.25, 0.3) is 0 Å². The summed E-state index contributed by atoms with van der Waals surface area (Å²) < 4.78 is 44.6. The van der Waals surface area contributed by atoms with Crippen LogP contribution < -0.4 is 10.5 Å². The zero-order valence-corrected chi connectivity index (χ0v) is 20.6. The normalized spacial score (nSPS) is 15.4. The number of alkyl halides is 3. The Kier molecular flexibility index (Phi) is 7.12. The minimum absolute atomic E-state index is 0.207. The molecule has 7 nitrogen and oxygen atoms in total. The van der Waals surface area contributed by atoms with E-state index < -0.39 is 29.7 Å². The van der Waals surface area contributed by atoms with Crippen molar-refractivity contribution in [2.24, 2.45) is 5.73 Å². The van der Waals surface area contributed by atoms with Crippen LogP contribution >= 0.6 is 0 Å². The van der Waals surface area contributed by atoms with E-state index in [4.69, 9.17) is 10.5 Å². The van der Waals surface area contributed by atoms with E-state index in [0.29, 0.717) is 36.5 Å². The second-order valence-corrected chi connectivity index (χ2v) is 9.06. The first-order valence-corrected chi connectivity index (χ1v) is 12.1. The summed E-state index contributed by atoms with van der Waals surface area (Å²) >= 11 is 0. The third kappa shape index (κ3) is 5.65. The third-order valence-corrected chi connectivity index (χ3v) is 6.56. The average Bonchev–Trinajstić information content (AvgIpc) is 2.93. The van der Waals surface area contributed by atoms with Crippen molar-refractivity contribution in [1.82, 2.24) is 14.9 Å². The lowest BCUT2D eigenvalue weighted by Crippen LogP contribution is -2.42. The highest BCUT2D eigenvalue weighted by Gasteiger charge is 2.33. The van der Waals surface area contributed by atoms with Crippen LogP contribution in [-0.4, -0.2) is 33.3 Å². The second kappa shape index (κ2) is 10.7. The summed E-state index contributed by atoms with van der Waals surface area (Å²) in [5.74, 6) is -0.314. The molecule has 39 heavy (non-hydrogen) atoms. The molecule has 1 unspecified atom stereocenters. The highest BCUT2D eigenvalue weighted by molar-refractivity contribution is 5.98. The molecule has 198 valence electrons. The number of ether oxygens (including phenoxy) is 1. The van der Waals surface area contributed by atoms with E-state index in [0.717, 1.165) is 23.3 Å². The topological polar surface area (TPSA) is 98.4 Å². The second-order valence-electron chi connectivity index (χ2n) is 9.06. The summed E-state index contributed by atoms with van der Waals surface area (Å²) in [6.45, 7) is 0.873. The van der Waals surface area contributed by atoms with Gasteiger partial charge in [-0.2, -0.15) is 13.2 Å². The number of esters is 1. The zero-order valence-electron chi connectivity index (χ0n) is 20.6. The van der Waals surface area contributed by atoms with Crippen molar-refractivity contribution in [2.75, 3.05) is 6.54 Å². The molecule has 4 aromatic rings. The molecule has 10 heteroatoms. The maximum atomic E-state index is 13.1. The number of carbonyl (C=O) groups is 2. The van der Waals surface area contributed by atoms with Crippen molar-refractivity contribution in [3.05, 3.63) is 113 Å². The number of nitrogens with zero attached hydrogens (tertiary/aromatic N) is 3. The number of carbonyl (C=O) groups excluding carboxylic acids is 2. The Bertz CT molecular complexity index is 1510. The lowest BCUT2D eigenvalue weighted by atomic mass is 9.91. The van der Waals surface area contributed by atoms with Crippen LogP contribution in [0, 0.1) is 0 Å². The summed E-state index contributed by atoms with van der Waals surface area (Å²) in [4.78, 5) is 35.9. The SMILES string of the molecule is NC(=O)C1c2ccc(OC(=O)c3ccccc3-c3ccc(C(F)(F)F)cc3)cc2CCN1Cc1ncccn1. The Labute approximate surface area is 222 Å². The van der Waals surface area contributed by atoms with E-state index in [1.807, 2.05) is 4.90 Å². The predicted octanol–water partition coefficient (Wildman–Crippen LogP) is 4.97. The van der Waals surface area contributed by atoms with Gasteiger partial charge >= 0.3 is 12.1 Å². The Morgan fingerprint density at radius 1 is 0.974 bits per heavy atom. The number of amides is 1. The predicted molar refractivity (Wildman–Crippen MR) is 136 cm³/mol. The number of aromatic nitrogens is 2. The summed E-state index contributed by atoms with van der Waals surface area (Å²) in [7, 11) is 0. The monoisotopic (exact) mass is 532 g/mol. The largest absolute Gasteiger partial charge is 0.423 e. The summed E-state index contributed by atoms with van der Waals surface area (Å²) in [5.41, 5.74) is 7.63. The van der Waals surface area contributed by atoms with Crippen LogP contribution in [0.5, 0.6) is 5.75 Å². The van der Waals surface area contributed by atoms with Gasteiger partial charge < -0.3 is 10.5 Å². The van der Waals surface area contributed by atoms with Gasteiger partial charge in [0.15, 0.2) is 0 Å². The number of hydrogen-bond acceptors (Lipinski definition) is 6. The number of nitrogens with two attached hydrogens (primary N) is 1. The zero-order chi connectivity index (χ0) is 27.6. The van der Waals surface area contributed by atoms with Crippen molar-refractivity contribution < 1.29 is 27.5 Å². The molecule has 0 spiro atoms. The summed E-state index contributed by atoms with van der Waals surface area (Å²) in [5, 5.41) is 0. The first-order chi connectivity index (χ1) is 18.7. The van der Waals surface area contributed by atoms with Gasteiger partial charge in [-0.1, -0.05) is 36.4 Å². The van der Waals surface area contributed by atoms with Crippen molar-refractivity contribution in [3.8, 4) is 16.9 Å². The number of hydrogen-bond donors (Lipinski definition) is 1. The standard InChI is InChI=1S/C29H23F3N4O3/c30-29(31,32)20-8-6-18(7-9-20)22-4-1-2-5-24(22)28(38)39-21-10-11-23-19(16-21)12-15-36(26(23)27(33)37)17-25-34-13-3-14-35-25/h1-11,13-14,16,26H,12,15,17H2,(H2,33,37). The van der Waals surface area contributed by atoms with Crippen molar-refractivity contribution in [1.29, 1.82) is 0 Å². The molecule has 0 aliphatic carbocycles. The Hall–Kier alpha value is -4.57. The smallest absolute Gasteiger partial charge is 0.416 e. The van der Waals surface area contributed by atoms with Crippen molar-refractivity contribution >= 4 is 11.9 Å². The molecule has 1 aliphatic rings. The molecule has 0 bridgehead atoms. The lowest BCUT2D eigenvalue weighted by molar-refractivity contribution is -0.137. The molecule has 0 radical (unpaired) electrons. The van der Waals surface area contributed by atoms with Gasteiger partial charge in [0.1, 0.15) is 17.6 Å². The Morgan fingerprint density at radius 3 is 2.38 bits per heavy atom. The minimum atomic E-state index is -4.46. The van der Waals surface area contributed by atoms with E-state index in [1.165, 1.54) is 12.1 Å². The first kappa shape index (κ1) is 26.1. The summed E-state index contributed by atoms with van der Waals surface area (Å²) in [6.07, 6.45) is -0.603. The third-order valence-electron chi connectivity index (χ3n) is 6.56. The first-order valence-electron chi connectivity index (χ1n) is 12.1. The highest BCUT2D eigenvalue weighted by Crippen LogP contribution is 2.34. The van der Waals surface area contributed by atoms with Crippen LogP contribution in [0.15, 0.2) is 85.2 Å². The number of primary amides is 1. The fraction of sp³-hybridized carbons (Fsp3) is 0.172. The number of rotatable bonds is 6. The van der Waals surface area contributed by atoms with Gasteiger partial charge in [-0.3, -0.25) is 9.69 Å². The summed E-state index contributed by atoms with van der Waals surface area (Å²) in [6, 6.07) is 17.2. The van der Waals surface area contributed by atoms with Gasteiger partial charge in [0.2, 0.25) is 5.91 Å². The average molecular weight is 533 g/mol. The van der Waals surface area contributed by atoms with E-state index in [-0.39, 0.29) is 11.3 Å². The molecule has 0 saturated heterocycles. The Balaban J connectivity index is 1.37. The molecule has 3 aromatic carbocycles. The van der Waals surface area contributed by atoms with Crippen LogP contribution in [-0.2, 0) is 23.9 Å². The van der Waals surface area contributed by atoms with Crippen molar-refractivity contribution in [3.63, 3.8) is 0 Å². The van der Waals surface area contributed by atoms with E-state index in [9.17, 15) is 22.8 Å². The molecule has 0 fully saturated rings. The van der Waals surface area contributed by atoms with Gasteiger partial charge in [-0.05, 0) is 65.1 Å². The molecule has 2 heterocycles. The van der Waals surface area contributed by atoms with Gasteiger partial charge in [0.05, 0.1) is 17.7 Å².